The zero-order valence-corrected chi connectivity index (χ0v) is 23.2. The largest absolute Gasteiger partial charge is 0.415 e. The number of rotatable bonds is 6. The lowest BCUT2D eigenvalue weighted by molar-refractivity contribution is -0.104. The molecule has 40 heavy (non-hydrogen) atoms. The number of halogens is 3. The van der Waals surface area contributed by atoms with Gasteiger partial charge in [0.05, 0.1) is 17.7 Å². The number of benzene rings is 1. The number of piperidine rings is 1. The van der Waals surface area contributed by atoms with Crippen molar-refractivity contribution in [3.63, 3.8) is 0 Å². The minimum Gasteiger partial charge on any atom is -0.320 e. The molecule has 8 nitrogen and oxygen atoms in total. The predicted octanol–water partition coefficient (Wildman–Crippen LogP) is 4.29. The topological polar surface area (TPSA) is 69.5 Å². The number of nitrogens with one attached hydrogen (secondary N) is 1. The first-order chi connectivity index (χ1) is 19.0. The molecule has 11 heteroatoms. The Morgan fingerprint density at radius 1 is 1.25 bits per heavy atom. The van der Waals surface area contributed by atoms with Crippen LogP contribution < -0.4 is 10.2 Å². The number of hydrogen-bond acceptors (Lipinski definition) is 5. The van der Waals surface area contributed by atoms with Gasteiger partial charge in [-0.15, -0.1) is 10.2 Å². The van der Waals surface area contributed by atoms with Crippen LogP contribution in [0, 0.1) is 11.8 Å². The quantitative estimate of drug-likeness (QED) is 0.576. The van der Waals surface area contributed by atoms with E-state index >= 15 is 0 Å². The molecule has 2 amide bonds. The number of carbonyl (C=O) groups excluding carboxylic acids is 1. The molecule has 4 aliphatic heterocycles. The summed E-state index contributed by atoms with van der Waals surface area (Å²) in [5, 5.41) is 11.7. The first-order valence-corrected chi connectivity index (χ1v) is 14.0. The lowest BCUT2D eigenvalue weighted by atomic mass is 9.81. The van der Waals surface area contributed by atoms with E-state index in [9.17, 15) is 18.0 Å². The van der Waals surface area contributed by atoms with Crippen LogP contribution in [-0.4, -0.2) is 81.6 Å². The Kier molecular flexibility index (Phi) is 6.77. The number of anilines is 1. The van der Waals surface area contributed by atoms with Gasteiger partial charge in [0.2, 0.25) is 0 Å². The molecule has 4 aliphatic rings. The number of carbonyl (C=O) groups is 1. The summed E-state index contributed by atoms with van der Waals surface area (Å²) in [6, 6.07) is 7.14. The molecule has 3 atom stereocenters. The zero-order chi connectivity index (χ0) is 28.2. The summed E-state index contributed by atoms with van der Waals surface area (Å²) < 4.78 is 45.4. The second-order valence-corrected chi connectivity index (χ2v) is 12.0. The highest BCUT2D eigenvalue weighted by Crippen LogP contribution is 2.46. The molecule has 5 heterocycles. The number of fused-ring (bicyclic) bond motifs is 1. The number of amides is 2. The molecule has 1 aromatic heterocycles. The second kappa shape index (κ2) is 10.0. The molecule has 3 fully saturated rings. The van der Waals surface area contributed by atoms with Crippen molar-refractivity contribution in [3.05, 3.63) is 65.4 Å². The summed E-state index contributed by atoms with van der Waals surface area (Å²) in [6.07, 6.45) is 2.18. The minimum absolute atomic E-state index is 0.0476. The third kappa shape index (κ3) is 4.72. The molecule has 0 saturated carbocycles. The molecule has 6 rings (SSSR count). The van der Waals surface area contributed by atoms with Gasteiger partial charge in [-0.1, -0.05) is 19.1 Å². The number of aryl methyl sites for hydroxylation is 1. The first kappa shape index (κ1) is 27.0. The third-order valence-corrected chi connectivity index (χ3v) is 8.94. The number of hydrogen-bond donors (Lipinski definition) is 1. The third-order valence-electron chi connectivity index (χ3n) is 8.94. The van der Waals surface area contributed by atoms with Gasteiger partial charge in [0.25, 0.3) is 0 Å². The van der Waals surface area contributed by atoms with Crippen LogP contribution in [0.5, 0.6) is 0 Å². The summed E-state index contributed by atoms with van der Waals surface area (Å²) in [7, 11) is 1.90. The van der Waals surface area contributed by atoms with Crippen LogP contribution in [0.2, 0.25) is 0 Å². The van der Waals surface area contributed by atoms with E-state index in [0.29, 0.717) is 29.6 Å². The monoisotopic (exact) mass is 555 g/mol. The highest BCUT2D eigenvalue weighted by atomic mass is 19.4. The van der Waals surface area contributed by atoms with Crippen LogP contribution in [0.25, 0.3) is 0 Å². The Bertz CT molecular complexity index is 1350. The summed E-state index contributed by atoms with van der Waals surface area (Å²) in [6.45, 7) is 7.36. The number of urea groups is 1. The molecular weight excluding hydrogens is 519 g/mol. The van der Waals surface area contributed by atoms with Crippen molar-refractivity contribution in [2.45, 2.75) is 44.3 Å². The summed E-state index contributed by atoms with van der Waals surface area (Å²) in [4.78, 5) is 18.8. The average molecular weight is 556 g/mol. The van der Waals surface area contributed by atoms with E-state index in [1.165, 1.54) is 22.8 Å². The number of alkyl halides is 3. The fourth-order valence-electron chi connectivity index (χ4n) is 6.75. The lowest BCUT2D eigenvalue weighted by Gasteiger charge is -2.39. The molecule has 0 spiro atoms. The Morgan fingerprint density at radius 3 is 2.70 bits per heavy atom. The van der Waals surface area contributed by atoms with Gasteiger partial charge in [0.15, 0.2) is 0 Å². The van der Waals surface area contributed by atoms with Crippen LogP contribution in [0.1, 0.15) is 44.0 Å². The highest BCUT2D eigenvalue weighted by molar-refractivity contribution is 5.97. The van der Waals surface area contributed by atoms with E-state index in [0.717, 1.165) is 50.4 Å². The Morgan fingerprint density at radius 2 is 2.05 bits per heavy atom. The van der Waals surface area contributed by atoms with E-state index in [1.54, 1.807) is 18.6 Å². The summed E-state index contributed by atoms with van der Waals surface area (Å²) >= 11 is 0. The van der Waals surface area contributed by atoms with Crippen molar-refractivity contribution >= 4 is 11.7 Å². The van der Waals surface area contributed by atoms with Crippen molar-refractivity contribution in [3.8, 4) is 0 Å². The molecule has 214 valence electrons. The van der Waals surface area contributed by atoms with Gasteiger partial charge in [-0.2, -0.15) is 13.2 Å². The van der Waals surface area contributed by atoms with Crippen molar-refractivity contribution < 1.29 is 18.0 Å². The van der Waals surface area contributed by atoms with Crippen molar-refractivity contribution in [2.24, 2.45) is 18.9 Å². The minimum atomic E-state index is -4.56. The maximum Gasteiger partial charge on any atom is 0.415 e. The molecular formula is C29H36F3N7O. The van der Waals surface area contributed by atoms with Gasteiger partial charge in [0.1, 0.15) is 12.2 Å². The molecule has 0 aliphatic carbocycles. The SMILES string of the molecule is C[C@H]1CCCN(CC2=CN3C(=O)N(c4cccc([C@@H](c5nncn5C)C5CNC5)c4)CC3(C)C(C(F)(F)F)=C2)C1. The van der Waals surface area contributed by atoms with E-state index < -0.39 is 23.3 Å². The van der Waals surface area contributed by atoms with Gasteiger partial charge in [-0.25, -0.2) is 4.79 Å². The van der Waals surface area contributed by atoms with E-state index in [2.05, 4.69) is 27.3 Å². The number of likely N-dealkylation sites (tertiary alicyclic amines) is 1. The Balaban J connectivity index is 1.33. The molecule has 1 aromatic carbocycles. The van der Waals surface area contributed by atoms with E-state index in [1.807, 2.05) is 29.8 Å². The van der Waals surface area contributed by atoms with Gasteiger partial charge < -0.3 is 9.88 Å². The molecule has 0 radical (unpaired) electrons. The zero-order valence-electron chi connectivity index (χ0n) is 23.2. The van der Waals surface area contributed by atoms with Crippen LogP contribution in [0.4, 0.5) is 23.7 Å². The number of aromatic nitrogens is 3. The van der Waals surface area contributed by atoms with Crippen molar-refractivity contribution in [1.29, 1.82) is 0 Å². The molecule has 0 bridgehead atoms. The maximum absolute atomic E-state index is 14.5. The van der Waals surface area contributed by atoms with Gasteiger partial charge in [0, 0.05) is 51.0 Å². The Labute approximate surface area is 232 Å². The highest BCUT2D eigenvalue weighted by Gasteiger charge is 2.57. The second-order valence-electron chi connectivity index (χ2n) is 12.0. The molecule has 3 saturated heterocycles. The normalized spacial score (nSPS) is 26.9. The smallest absolute Gasteiger partial charge is 0.320 e. The average Bonchev–Trinajstić information content (AvgIpc) is 3.41. The summed E-state index contributed by atoms with van der Waals surface area (Å²) in [5.74, 6) is 1.59. The van der Waals surface area contributed by atoms with Crippen LogP contribution in [-0.2, 0) is 7.05 Å². The fraction of sp³-hybridized carbons (Fsp3) is 0.552. The van der Waals surface area contributed by atoms with E-state index in [4.69, 9.17) is 0 Å². The van der Waals surface area contributed by atoms with Gasteiger partial charge >= 0.3 is 12.2 Å². The molecule has 1 unspecified atom stereocenters. The fourth-order valence-corrected chi connectivity index (χ4v) is 6.75. The van der Waals surface area contributed by atoms with Crippen molar-refractivity contribution in [2.75, 3.05) is 44.2 Å². The van der Waals surface area contributed by atoms with E-state index in [-0.39, 0.29) is 12.5 Å². The molecule has 1 N–H and O–H groups in total. The van der Waals surface area contributed by atoms with Crippen LogP contribution in [0.3, 0.4) is 0 Å². The van der Waals surface area contributed by atoms with Crippen molar-refractivity contribution in [1.82, 2.24) is 29.9 Å². The van der Waals surface area contributed by atoms with Gasteiger partial charge in [-0.05, 0) is 67.5 Å². The van der Waals surface area contributed by atoms with Crippen LogP contribution >= 0.6 is 0 Å². The molecule has 2 aromatic rings. The summed E-state index contributed by atoms with van der Waals surface area (Å²) in [5.41, 5.74) is -0.135. The van der Waals surface area contributed by atoms with Gasteiger partial charge in [-0.3, -0.25) is 14.7 Å². The first-order valence-electron chi connectivity index (χ1n) is 14.0. The standard InChI is InChI=1S/C29H36F3N7O/c1-19-6-5-9-37(14-19)15-20-10-24(29(30,31)32)28(2)17-38(27(40)39(28)16-20)23-8-4-7-21(11-23)25(22-12-33-13-22)26-35-34-18-36(26)3/h4,7-8,10-11,16,18-19,22,25,33H,5-6,9,12-15,17H2,1-3H3/t19-,25+,28?/m0/s1. The Hall–Kier alpha value is -3.18. The number of nitrogens with zero attached hydrogens (tertiary/aromatic N) is 6. The van der Waals surface area contributed by atoms with Crippen LogP contribution in [0.15, 0.2) is 54.0 Å². The lowest BCUT2D eigenvalue weighted by Crippen LogP contribution is -2.49. The predicted molar refractivity (Wildman–Crippen MR) is 146 cm³/mol. The maximum atomic E-state index is 14.5.